The summed E-state index contributed by atoms with van der Waals surface area (Å²) in [6.07, 6.45) is 0.160. The number of hydrogen-bond donors (Lipinski definition) is 1. The Morgan fingerprint density at radius 2 is 1.75 bits per heavy atom. The highest BCUT2D eigenvalue weighted by atomic mass is 32.1. The van der Waals surface area contributed by atoms with Crippen LogP contribution in [0.2, 0.25) is 0 Å². The van der Waals surface area contributed by atoms with Gasteiger partial charge in [-0.3, -0.25) is 4.79 Å². The molecular weight excluding hydrogens is 378 g/mol. The summed E-state index contributed by atoms with van der Waals surface area (Å²) in [5, 5.41) is 3.05. The Morgan fingerprint density at radius 3 is 2.36 bits per heavy atom. The Balaban J connectivity index is 2.27. The molecule has 1 aromatic heterocycles. The molecule has 0 aliphatic rings. The van der Waals surface area contributed by atoms with Crippen molar-refractivity contribution >= 4 is 34.2 Å². The van der Waals surface area contributed by atoms with Gasteiger partial charge in [-0.15, -0.1) is 11.3 Å². The molecule has 0 fully saturated rings. The van der Waals surface area contributed by atoms with Crippen molar-refractivity contribution in [1.29, 1.82) is 0 Å². The maximum absolute atomic E-state index is 12.4. The summed E-state index contributed by atoms with van der Waals surface area (Å²) < 4.78 is 10.4. The molecule has 1 N–H and O–H groups in total. The number of hydrogen-bond acceptors (Lipinski definition) is 6. The van der Waals surface area contributed by atoms with Crippen LogP contribution >= 0.6 is 11.3 Å². The summed E-state index contributed by atoms with van der Waals surface area (Å²) in [6.45, 7) is 7.70. The minimum Gasteiger partial charge on any atom is -0.462 e. The summed E-state index contributed by atoms with van der Waals surface area (Å²) in [7, 11) is 0. The monoisotopic (exact) mass is 403 g/mol. The second-order valence-electron chi connectivity index (χ2n) is 6.68. The molecule has 1 amide bonds. The smallest absolute Gasteiger partial charge is 0.348 e. The average molecular weight is 404 g/mol. The zero-order chi connectivity index (χ0) is 20.7. The third kappa shape index (κ3) is 5.66. The number of benzene rings is 1. The Morgan fingerprint density at radius 1 is 1.07 bits per heavy atom. The first-order valence-electron chi connectivity index (χ1n) is 9.14. The van der Waals surface area contributed by atoms with Crippen LogP contribution in [0.5, 0.6) is 0 Å². The van der Waals surface area contributed by atoms with E-state index < -0.39 is 11.9 Å². The number of carbonyl (C=O) groups is 3. The van der Waals surface area contributed by atoms with E-state index in [9.17, 15) is 14.4 Å². The topological polar surface area (TPSA) is 81.7 Å². The largest absolute Gasteiger partial charge is 0.462 e. The van der Waals surface area contributed by atoms with Gasteiger partial charge < -0.3 is 14.8 Å². The minimum atomic E-state index is -0.575. The van der Waals surface area contributed by atoms with E-state index in [1.807, 2.05) is 44.2 Å². The molecule has 0 bridgehead atoms. The molecule has 0 radical (unpaired) electrons. The standard InChI is InChI=1S/C21H25NO5S/c1-5-26-20(24)17-14(4)18(21(25)27-12-13(2)3)28-19(17)22-16(23)11-15-9-7-6-8-10-15/h6-10,13H,5,11-12H2,1-4H3,(H,22,23). The number of ether oxygens (including phenoxy) is 2. The van der Waals surface area contributed by atoms with Crippen molar-refractivity contribution < 1.29 is 23.9 Å². The molecule has 0 atom stereocenters. The number of anilines is 1. The van der Waals surface area contributed by atoms with Gasteiger partial charge in [-0.1, -0.05) is 44.2 Å². The number of thiophene rings is 1. The van der Waals surface area contributed by atoms with Crippen molar-refractivity contribution in [3.05, 3.63) is 51.9 Å². The molecule has 28 heavy (non-hydrogen) atoms. The lowest BCUT2D eigenvalue weighted by Gasteiger charge is -2.07. The molecule has 1 aromatic carbocycles. The Labute approximate surface area is 168 Å². The molecule has 6 nitrogen and oxygen atoms in total. The summed E-state index contributed by atoms with van der Waals surface area (Å²) in [5.74, 6) is -1.17. The molecule has 1 heterocycles. The summed E-state index contributed by atoms with van der Waals surface area (Å²) >= 11 is 1.03. The van der Waals surface area contributed by atoms with Gasteiger partial charge in [0.1, 0.15) is 9.88 Å². The van der Waals surface area contributed by atoms with Crippen LogP contribution < -0.4 is 5.32 Å². The molecule has 2 rings (SSSR count). The number of carbonyl (C=O) groups excluding carboxylic acids is 3. The molecular formula is C21H25NO5S. The number of esters is 2. The van der Waals surface area contributed by atoms with E-state index in [2.05, 4.69) is 5.32 Å². The molecule has 0 saturated carbocycles. The van der Waals surface area contributed by atoms with Crippen molar-refractivity contribution in [3.63, 3.8) is 0 Å². The van der Waals surface area contributed by atoms with E-state index in [0.29, 0.717) is 15.4 Å². The highest BCUT2D eigenvalue weighted by Gasteiger charge is 2.27. The van der Waals surface area contributed by atoms with Gasteiger partial charge in [-0.25, -0.2) is 9.59 Å². The van der Waals surface area contributed by atoms with Crippen LogP contribution in [0.1, 0.15) is 51.9 Å². The van der Waals surface area contributed by atoms with Crippen molar-refractivity contribution in [2.24, 2.45) is 5.92 Å². The summed E-state index contributed by atoms with van der Waals surface area (Å²) in [5.41, 5.74) is 1.50. The lowest BCUT2D eigenvalue weighted by molar-refractivity contribution is -0.115. The van der Waals surface area contributed by atoms with E-state index in [0.717, 1.165) is 16.9 Å². The van der Waals surface area contributed by atoms with Crippen molar-refractivity contribution in [2.45, 2.75) is 34.1 Å². The third-order valence-electron chi connectivity index (χ3n) is 3.82. The van der Waals surface area contributed by atoms with Gasteiger partial charge in [0.05, 0.1) is 25.2 Å². The van der Waals surface area contributed by atoms with Crippen LogP contribution in [-0.2, 0) is 20.7 Å². The predicted molar refractivity (Wildman–Crippen MR) is 109 cm³/mol. The highest BCUT2D eigenvalue weighted by molar-refractivity contribution is 7.18. The quantitative estimate of drug-likeness (QED) is 0.667. The highest BCUT2D eigenvalue weighted by Crippen LogP contribution is 2.34. The predicted octanol–water partition coefficient (Wildman–Crippen LogP) is 4.23. The number of amides is 1. The molecule has 2 aromatic rings. The summed E-state index contributed by atoms with van der Waals surface area (Å²) in [6, 6.07) is 9.27. The van der Waals surface area contributed by atoms with Crippen LogP contribution in [0.15, 0.2) is 30.3 Å². The molecule has 0 unspecified atom stereocenters. The normalized spacial score (nSPS) is 10.6. The van der Waals surface area contributed by atoms with E-state index in [1.54, 1.807) is 13.8 Å². The van der Waals surface area contributed by atoms with Gasteiger partial charge in [0.2, 0.25) is 5.91 Å². The molecule has 0 aliphatic carbocycles. The Bertz CT molecular complexity index is 842. The lowest BCUT2D eigenvalue weighted by atomic mass is 10.1. The maximum atomic E-state index is 12.4. The second-order valence-corrected chi connectivity index (χ2v) is 7.70. The zero-order valence-corrected chi connectivity index (χ0v) is 17.4. The fourth-order valence-electron chi connectivity index (χ4n) is 2.51. The van der Waals surface area contributed by atoms with Gasteiger partial charge in [0.15, 0.2) is 0 Å². The van der Waals surface area contributed by atoms with Gasteiger partial charge in [-0.05, 0) is 30.9 Å². The first-order chi connectivity index (χ1) is 13.3. The van der Waals surface area contributed by atoms with Crippen molar-refractivity contribution in [3.8, 4) is 0 Å². The van der Waals surface area contributed by atoms with Gasteiger partial charge in [-0.2, -0.15) is 0 Å². The van der Waals surface area contributed by atoms with Crippen LogP contribution in [0.3, 0.4) is 0 Å². The van der Waals surface area contributed by atoms with Crippen LogP contribution in [-0.4, -0.2) is 31.1 Å². The SMILES string of the molecule is CCOC(=O)c1c(NC(=O)Cc2ccccc2)sc(C(=O)OCC(C)C)c1C. The van der Waals surface area contributed by atoms with Crippen LogP contribution in [0.4, 0.5) is 5.00 Å². The Kier molecular flexibility index (Phi) is 7.75. The molecule has 0 spiro atoms. The third-order valence-corrected chi connectivity index (χ3v) is 5.01. The maximum Gasteiger partial charge on any atom is 0.348 e. The van der Waals surface area contributed by atoms with E-state index in [-0.39, 0.29) is 37.0 Å². The fourth-order valence-corrected chi connectivity index (χ4v) is 3.61. The van der Waals surface area contributed by atoms with Crippen LogP contribution in [0.25, 0.3) is 0 Å². The summed E-state index contributed by atoms with van der Waals surface area (Å²) in [4.78, 5) is 37.6. The number of rotatable bonds is 8. The number of nitrogens with one attached hydrogen (secondary N) is 1. The van der Waals surface area contributed by atoms with E-state index >= 15 is 0 Å². The lowest BCUT2D eigenvalue weighted by Crippen LogP contribution is -2.16. The molecule has 0 aliphatic heterocycles. The zero-order valence-electron chi connectivity index (χ0n) is 16.5. The van der Waals surface area contributed by atoms with Gasteiger partial charge >= 0.3 is 11.9 Å². The van der Waals surface area contributed by atoms with E-state index in [1.165, 1.54) is 0 Å². The van der Waals surface area contributed by atoms with Crippen LogP contribution in [0, 0.1) is 12.8 Å². The Hall–Kier alpha value is -2.67. The molecule has 150 valence electrons. The van der Waals surface area contributed by atoms with Crippen molar-refractivity contribution in [2.75, 3.05) is 18.5 Å². The first kappa shape index (κ1) is 21.6. The fraction of sp³-hybridized carbons (Fsp3) is 0.381. The average Bonchev–Trinajstić information content (AvgIpc) is 2.96. The van der Waals surface area contributed by atoms with Gasteiger partial charge in [0.25, 0.3) is 0 Å². The van der Waals surface area contributed by atoms with E-state index in [4.69, 9.17) is 9.47 Å². The van der Waals surface area contributed by atoms with Gasteiger partial charge in [0, 0.05) is 0 Å². The molecule has 0 saturated heterocycles. The second kappa shape index (κ2) is 10.0. The minimum absolute atomic E-state index is 0.160. The first-order valence-corrected chi connectivity index (χ1v) is 9.96. The molecule has 7 heteroatoms. The van der Waals surface area contributed by atoms with Crippen molar-refractivity contribution in [1.82, 2.24) is 0 Å².